The normalized spacial score (nSPS) is 11.6. The zero-order valence-electron chi connectivity index (χ0n) is 27.3. The lowest BCUT2D eigenvalue weighted by atomic mass is 9.96. The highest BCUT2D eigenvalue weighted by atomic mass is 32.1. The van der Waals surface area contributed by atoms with Gasteiger partial charge < -0.3 is 4.90 Å². The van der Waals surface area contributed by atoms with Crippen LogP contribution in [0.15, 0.2) is 188 Å². The molecule has 0 aliphatic heterocycles. The Bertz CT molecular complexity index is 2860. The molecule has 2 heteroatoms. The highest BCUT2D eigenvalue weighted by Gasteiger charge is 2.19. The lowest BCUT2D eigenvalue weighted by molar-refractivity contribution is 1.31. The van der Waals surface area contributed by atoms with E-state index in [9.17, 15) is 0 Å². The van der Waals surface area contributed by atoms with Crippen molar-refractivity contribution in [3.05, 3.63) is 188 Å². The summed E-state index contributed by atoms with van der Waals surface area (Å²) in [5.74, 6) is 0. The molecule has 1 aromatic heterocycles. The van der Waals surface area contributed by atoms with Crippen LogP contribution >= 0.6 is 11.3 Å². The fourth-order valence-corrected chi connectivity index (χ4v) is 8.82. The molecule has 0 amide bonds. The Kier molecular flexibility index (Phi) is 6.75. The maximum atomic E-state index is 2.44. The summed E-state index contributed by atoms with van der Waals surface area (Å²) >= 11 is 1.87. The maximum Gasteiger partial charge on any atom is 0.0640 e. The van der Waals surface area contributed by atoms with Crippen molar-refractivity contribution in [2.75, 3.05) is 4.90 Å². The number of nitrogens with zero attached hydrogens (tertiary/aromatic N) is 1. The lowest BCUT2D eigenvalue weighted by Crippen LogP contribution is -2.10. The van der Waals surface area contributed by atoms with Gasteiger partial charge in [-0.3, -0.25) is 0 Å². The van der Waals surface area contributed by atoms with Gasteiger partial charge in [-0.15, -0.1) is 11.3 Å². The number of rotatable bonds is 5. The van der Waals surface area contributed by atoms with Gasteiger partial charge in [0, 0.05) is 26.8 Å². The first-order valence-electron chi connectivity index (χ1n) is 17.1. The maximum absolute atomic E-state index is 2.44. The summed E-state index contributed by atoms with van der Waals surface area (Å²) in [6.07, 6.45) is 0. The van der Waals surface area contributed by atoms with Crippen LogP contribution in [-0.2, 0) is 0 Å². The van der Waals surface area contributed by atoms with Gasteiger partial charge >= 0.3 is 0 Å². The topological polar surface area (TPSA) is 3.24 Å². The van der Waals surface area contributed by atoms with Crippen molar-refractivity contribution in [2.45, 2.75) is 0 Å². The smallest absolute Gasteiger partial charge is 0.0640 e. The van der Waals surface area contributed by atoms with Gasteiger partial charge in [0.25, 0.3) is 0 Å². The third-order valence-electron chi connectivity index (χ3n) is 10.0. The third-order valence-corrected chi connectivity index (χ3v) is 11.2. The van der Waals surface area contributed by atoms with E-state index < -0.39 is 0 Å². The van der Waals surface area contributed by atoms with Crippen LogP contribution in [0.5, 0.6) is 0 Å². The van der Waals surface area contributed by atoms with Crippen LogP contribution in [0.1, 0.15) is 0 Å². The van der Waals surface area contributed by atoms with Gasteiger partial charge in [-0.05, 0) is 97.0 Å². The lowest BCUT2D eigenvalue weighted by Gasteiger charge is -2.27. The molecule has 0 fully saturated rings. The van der Waals surface area contributed by atoms with E-state index in [1.165, 1.54) is 80.4 Å². The molecule has 0 aliphatic rings. The molecular formula is C48H31NS. The van der Waals surface area contributed by atoms with E-state index in [0.29, 0.717) is 0 Å². The zero-order chi connectivity index (χ0) is 33.0. The first kappa shape index (κ1) is 28.8. The van der Waals surface area contributed by atoms with Crippen molar-refractivity contribution < 1.29 is 0 Å². The van der Waals surface area contributed by atoms with Crippen LogP contribution < -0.4 is 4.90 Å². The molecule has 0 spiro atoms. The van der Waals surface area contributed by atoms with Crippen molar-refractivity contribution in [2.24, 2.45) is 0 Å². The number of hydrogen-bond donors (Lipinski definition) is 0. The van der Waals surface area contributed by atoms with Crippen molar-refractivity contribution >= 4 is 80.9 Å². The average Bonchev–Trinajstić information content (AvgIpc) is 3.58. The Morgan fingerprint density at radius 1 is 0.340 bits per heavy atom. The molecule has 10 rings (SSSR count). The Morgan fingerprint density at radius 2 is 0.980 bits per heavy atom. The number of anilines is 3. The Labute approximate surface area is 294 Å². The van der Waals surface area contributed by atoms with Gasteiger partial charge in [0.05, 0.1) is 10.4 Å². The highest BCUT2D eigenvalue weighted by Crippen LogP contribution is 2.46. The second-order valence-electron chi connectivity index (χ2n) is 12.9. The quantitative estimate of drug-likeness (QED) is 0.167. The molecule has 1 heterocycles. The predicted molar refractivity (Wildman–Crippen MR) is 217 cm³/mol. The monoisotopic (exact) mass is 653 g/mol. The molecular weight excluding hydrogens is 623 g/mol. The largest absolute Gasteiger partial charge is 0.309 e. The summed E-state index contributed by atoms with van der Waals surface area (Å²) in [5, 5.41) is 10.1. The van der Waals surface area contributed by atoms with Crippen molar-refractivity contribution in [1.29, 1.82) is 0 Å². The number of thiophene rings is 1. The standard InChI is InChI=1S/C48H31NS/c1-2-10-32(11-3-1)35-24-28-42-36(30-35)20-21-37-31-39(27-29-43(37)42)49(46-18-9-17-45-44-15-6-7-19-47(44)50-48(45)46)38-25-22-34(23-26-38)41-16-8-13-33-12-4-5-14-40(33)41/h1-31H. The molecule has 234 valence electrons. The molecule has 0 N–H and O–H groups in total. The molecule has 1 nitrogen and oxygen atoms in total. The molecule has 0 unspecified atom stereocenters. The molecule has 0 saturated carbocycles. The van der Waals surface area contributed by atoms with Gasteiger partial charge in [0.1, 0.15) is 0 Å². The van der Waals surface area contributed by atoms with E-state index in [2.05, 4.69) is 193 Å². The summed E-state index contributed by atoms with van der Waals surface area (Å²) in [7, 11) is 0. The molecule has 9 aromatic carbocycles. The minimum absolute atomic E-state index is 1.13. The second kappa shape index (κ2) is 11.7. The third kappa shape index (κ3) is 4.76. The number of benzene rings is 9. The molecule has 0 atom stereocenters. The van der Waals surface area contributed by atoms with Gasteiger partial charge in [0.2, 0.25) is 0 Å². The Morgan fingerprint density at radius 3 is 1.84 bits per heavy atom. The molecule has 0 bridgehead atoms. The van der Waals surface area contributed by atoms with Crippen LogP contribution in [0.2, 0.25) is 0 Å². The van der Waals surface area contributed by atoms with Gasteiger partial charge in [0.15, 0.2) is 0 Å². The van der Waals surface area contributed by atoms with E-state index in [4.69, 9.17) is 0 Å². The Hall–Kier alpha value is -6.22. The van der Waals surface area contributed by atoms with Crippen molar-refractivity contribution in [3.63, 3.8) is 0 Å². The van der Waals surface area contributed by atoms with Crippen LogP contribution in [0.3, 0.4) is 0 Å². The molecule has 0 saturated heterocycles. The SMILES string of the molecule is c1ccc(-c2ccc3c(ccc4cc(N(c5ccc(-c6cccc7ccccc67)cc5)c5cccc6c5sc5ccccc56)ccc43)c2)cc1. The molecule has 0 radical (unpaired) electrons. The van der Waals surface area contributed by atoms with E-state index >= 15 is 0 Å². The predicted octanol–water partition coefficient (Wildman–Crippen LogP) is 14.3. The van der Waals surface area contributed by atoms with Gasteiger partial charge in [-0.2, -0.15) is 0 Å². The summed E-state index contributed by atoms with van der Waals surface area (Å²) < 4.78 is 2.60. The molecule has 10 aromatic rings. The van der Waals surface area contributed by atoms with E-state index in [1.54, 1.807) is 0 Å². The minimum atomic E-state index is 1.13. The number of hydrogen-bond acceptors (Lipinski definition) is 2. The van der Waals surface area contributed by atoms with Crippen LogP contribution in [0.4, 0.5) is 17.1 Å². The summed E-state index contributed by atoms with van der Waals surface area (Å²) in [4.78, 5) is 2.44. The van der Waals surface area contributed by atoms with E-state index in [1.807, 2.05) is 11.3 Å². The first-order chi connectivity index (χ1) is 24.8. The minimum Gasteiger partial charge on any atom is -0.309 e. The fraction of sp³-hybridized carbons (Fsp3) is 0. The average molecular weight is 654 g/mol. The first-order valence-corrected chi connectivity index (χ1v) is 17.9. The van der Waals surface area contributed by atoms with Crippen LogP contribution in [0, 0.1) is 0 Å². The zero-order valence-corrected chi connectivity index (χ0v) is 28.1. The van der Waals surface area contributed by atoms with Crippen molar-refractivity contribution in [1.82, 2.24) is 0 Å². The fourth-order valence-electron chi connectivity index (χ4n) is 7.61. The van der Waals surface area contributed by atoms with Gasteiger partial charge in [-0.25, -0.2) is 0 Å². The molecule has 50 heavy (non-hydrogen) atoms. The van der Waals surface area contributed by atoms with Crippen LogP contribution in [0.25, 0.3) is 74.7 Å². The highest BCUT2D eigenvalue weighted by molar-refractivity contribution is 7.26. The summed E-state index contributed by atoms with van der Waals surface area (Å²) in [6.45, 7) is 0. The van der Waals surface area contributed by atoms with Crippen molar-refractivity contribution in [3.8, 4) is 22.3 Å². The molecule has 0 aliphatic carbocycles. The van der Waals surface area contributed by atoms with Gasteiger partial charge in [-0.1, -0.05) is 146 Å². The van der Waals surface area contributed by atoms with E-state index in [-0.39, 0.29) is 0 Å². The van der Waals surface area contributed by atoms with E-state index in [0.717, 1.165) is 11.4 Å². The van der Waals surface area contributed by atoms with Crippen LogP contribution in [-0.4, -0.2) is 0 Å². The Balaban J connectivity index is 1.14. The second-order valence-corrected chi connectivity index (χ2v) is 14.0. The summed E-state index contributed by atoms with van der Waals surface area (Å²) in [5.41, 5.74) is 8.40. The number of fused-ring (bicyclic) bond motifs is 7. The summed E-state index contributed by atoms with van der Waals surface area (Å²) in [6, 6.07) is 68.7.